The largest absolute Gasteiger partial charge is 0.462 e. The molecule has 0 unspecified atom stereocenters. The van der Waals surface area contributed by atoms with Crippen LogP contribution in [-0.4, -0.2) is 25.2 Å². The van der Waals surface area contributed by atoms with E-state index < -0.39 is 11.9 Å². The highest BCUT2D eigenvalue weighted by atomic mass is 16.5. The second-order valence-electron chi connectivity index (χ2n) is 3.31. The summed E-state index contributed by atoms with van der Waals surface area (Å²) in [6, 6.07) is 0. The number of hydrogen-bond donors (Lipinski definition) is 0. The van der Waals surface area contributed by atoms with E-state index in [1.165, 1.54) is 0 Å². The Morgan fingerprint density at radius 1 is 1.00 bits per heavy atom. The third-order valence-electron chi connectivity index (χ3n) is 2.12. The Morgan fingerprint density at radius 3 is 1.76 bits per heavy atom. The molecule has 0 amide bonds. The molecule has 4 heteroatoms. The first-order chi connectivity index (χ1) is 8.20. The maximum atomic E-state index is 11.7. The van der Waals surface area contributed by atoms with Crippen LogP contribution in [0.5, 0.6) is 0 Å². The molecule has 0 aromatic rings. The van der Waals surface area contributed by atoms with Gasteiger partial charge in [0.25, 0.3) is 0 Å². The van der Waals surface area contributed by atoms with Gasteiger partial charge in [0, 0.05) is 0 Å². The molecule has 1 aliphatic carbocycles. The van der Waals surface area contributed by atoms with Crippen LogP contribution in [0.25, 0.3) is 0 Å². The fourth-order valence-electron chi connectivity index (χ4n) is 1.40. The number of allylic oxidation sites excluding steroid dienone is 2. The first kappa shape index (κ1) is 13.2. The van der Waals surface area contributed by atoms with Crippen molar-refractivity contribution in [2.24, 2.45) is 0 Å². The van der Waals surface area contributed by atoms with Gasteiger partial charge >= 0.3 is 11.9 Å². The van der Waals surface area contributed by atoms with Gasteiger partial charge in [-0.05, 0) is 20.3 Å². The molecule has 4 nitrogen and oxygen atoms in total. The van der Waals surface area contributed by atoms with Crippen molar-refractivity contribution >= 4 is 11.9 Å². The second-order valence-corrected chi connectivity index (χ2v) is 3.31. The van der Waals surface area contributed by atoms with Crippen molar-refractivity contribution in [1.29, 1.82) is 0 Å². The van der Waals surface area contributed by atoms with E-state index in [0.29, 0.717) is 6.42 Å². The van der Waals surface area contributed by atoms with Crippen LogP contribution in [-0.2, 0) is 19.1 Å². The Hall–Kier alpha value is -1.84. The molecule has 0 atom stereocenters. The molecule has 1 aliphatic rings. The Kier molecular flexibility index (Phi) is 5.20. The lowest BCUT2D eigenvalue weighted by molar-refractivity contribution is -0.141. The highest BCUT2D eigenvalue weighted by molar-refractivity contribution is 6.04. The monoisotopic (exact) mass is 236 g/mol. The summed E-state index contributed by atoms with van der Waals surface area (Å²) in [6.07, 6.45) is 7.48. The number of hydrogen-bond acceptors (Lipinski definition) is 4. The summed E-state index contributed by atoms with van der Waals surface area (Å²) in [4.78, 5) is 23.4. The standard InChI is InChI=1S/C13H16O4/c1-3-16-12(14)10-8-6-5-7-9-11(10)13(15)17-4-2/h6-9H,3-5H2,1-2H3. The number of esters is 2. The zero-order valence-electron chi connectivity index (χ0n) is 10.1. The summed E-state index contributed by atoms with van der Waals surface area (Å²) < 4.78 is 9.81. The van der Waals surface area contributed by atoms with Gasteiger partial charge in [-0.25, -0.2) is 9.59 Å². The number of rotatable bonds is 4. The summed E-state index contributed by atoms with van der Waals surface area (Å²) >= 11 is 0. The van der Waals surface area contributed by atoms with E-state index in [-0.39, 0.29) is 24.4 Å². The molecule has 17 heavy (non-hydrogen) atoms. The van der Waals surface area contributed by atoms with Crippen molar-refractivity contribution in [2.45, 2.75) is 20.3 Å². The predicted molar refractivity (Wildman–Crippen MR) is 63.2 cm³/mol. The van der Waals surface area contributed by atoms with Gasteiger partial charge in [0.15, 0.2) is 0 Å². The molecule has 0 spiro atoms. The first-order valence-electron chi connectivity index (χ1n) is 5.62. The Bertz CT molecular complexity index is 352. The first-order valence-corrected chi connectivity index (χ1v) is 5.62. The Labute approximate surface area is 101 Å². The summed E-state index contributed by atoms with van der Waals surface area (Å²) in [6.45, 7) is 3.99. The number of ether oxygens (including phenoxy) is 2. The molecule has 92 valence electrons. The summed E-state index contributed by atoms with van der Waals surface area (Å²) in [7, 11) is 0. The van der Waals surface area contributed by atoms with Crippen LogP contribution in [0.3, 0.4) is 0 Å². The average Bonchev–Trinajstić information content (AvgIpc) is 2.54. The van der Waals surface area contributed by atoms with Gasteiger partial charge in [-0.2, -0.15) is 0 Å². The molecular weight excluding hydrogens is 220 g/mol. The minimum absolute atomic E-state index is 0.249. The molecule has 0 fully saturated rings. The van der Waals surface area contributed by atoms with Crippen molar-refractivity contribution in [2.75, 3.05) is 13.2 Å². The van der Waals surface area contributed by atoms with Crippen molar-refractivity contribution in [3.63, 3.8) is 0 Å². The van der Waals surface area contributed by atoms with E-state index >= 15 is 0 Å². The average molecular weight is 236 g/mol. The molecule has 0 saturated heterocycles. The third-order valence-corrected chi connectivity index (χ3v) is 2.12. The van der Waals surface area contributed by atoms with Crippen LogP contribution < -0.4 is 0 Å². The van der Waals surface area contributed by atoms with Crippen LogP contribution in [0.2, 0.25) is 0 Å². The quantitative estimate of drug-likeness (QED) is 0.700. The molecule has 0 saturated carbocycles. The van der Waals surface area contributed by atoms with Crippen LogP contribution >= 0.6 is 0 Å². The van der Waals surface area contributed by atoms with Crippen molar-refractivity contribution < 1.29 is 19.1 Å². The van der Waals surface area contributed by atoms with E-state index in [1.807, 2.05) is 0 Å². The van der Waals surface area contributed by atoms with E-state index in [4.69, 9.17) is 9.47 Å². The lowest BCUT2D eigenvalue weighted by Gasteiger charge is -2.07. The van der Waals surface area contributed by atoms with Gasteiger partial charge in [-0.3, -0.25) is 0 Å². The second kappa shape index (κ2) is 6.68. The maximum absolute atomic E-state index is 11.7. The molecular formula is C13H16O4. The fraction of sp³-hybridized carbons (Fsp3) is 0.385. The van der Waals surface area contributed by atoms with E-state index in [0.717, 1.165) is 0 Å². The summed E-state index contributed by atoms with van der Waals surface area (Å²) in [5.41, 5.74) is 0.498. The zero-order chi connectivity index (χ0) is 12.7. The predicted octanol–water partition coefficient (Wildman–Crippen LogP) is 1.93. The molecule has 0 bridgehead atoms. The lowest BCUT2D eigenvalue weighted by Crippen LogP contribution is -2.14. The van der Waals surface area contributed by atoms with Gasteiger partial charge in [-0.1, -0.05) is 24.3 Å². The fourth-order valence-corrected chi connectivity index (χ4v) is 1.40. The van der Waals surface area contributed by atoms with Gasteiger partial charge in [0.2, 0.25) is 0 Å². The van der Waals surface area contributed by atoms with Crippen LogP contribution in [0.1, 0.15) is 20.3 Å². The minimum atomic E-state index is -0.502. The smallest absolute Gasteiger partial charge is 0.338 e. The summed E-state index contributed by atoms with van der Waals surface area (Å²) in [5.74, 6) is -1.00. The Balaban J connectivity index is 3.07. The van der Waals surface area contributed by atoms with Crippen molar-refractivity contribution in [1.82, 2.24) is 0 Å². The van der Waals surface area contributed by atoms with Crippen molar-refractivity contribution in [3.8, 4) is 0 Å². The zero-order valence-corrected chi connectivity index (χ0v) is 10.1. The van der Waals surface area contributed by atoms with Crippen molar-refractivity contribution in [3.05, 3.63) is 35.5 Å². The molecule has 0 aliphatic heterocycles. The van der Waals surface area contributed by atoms with Crippen LogP contribution in [0.15, 0.2) is 35.5 Å². The van der Waals surface area contributed by atoms with Gasteiger partial charge in [-0.15, -0.1) is 0 Å². The third kappa shape index (κ3) is 3.59. The van der Waals surface area contributed by atoms with Gasteiger partial charge in [0.05, 0.1) is 24.4 Å². The van der Waals surface area contributed by atoms with E-state index in [9.17, 15) is 9.59 Å². The summed E-state index contributed by atoms with van der Waals surface area (Å²) in [5, 5.41) is 0. The molecule has 0 radical (unpaired) electrons. The molecule has 1 rings (SSSR count). The molecule has 0 aromatic carbocycles. The highest BCUT2D eigenvalue weighted by Gasteiger charge is 2.19. The normalized spacial score (nSPS) is 14.5. The van der Waals surface area contributed by atoms with Crippen LogP contribution in [0, 0.1) is 0 Å². The van der Waals surface area contributed by atoms with Gasteiger partial charge < -0.3 is 9.47 Å². The van der Waals surface area contributed by atoms with Crippen LogP contribution in [0.4, 0.5) is 0 Å². The molecule has 0 heterocycles. The molecule has 0 N–H and O–H groups in total. The minimum Gasteiger partial charge on any atom is -0.462 e. The highest BCUT2D eigenvalue weighted by Crippen LogP contribution is 2.16. The number of carbonyl (C=O) groups is 2. The van der Waals surface area contributed by atoms with E-state index in [1.54, 1.807) is 38.2 Å². The SMILES string of the molecule is CCOC(=O)C1=C(C(=O)OCC)C=CCC=C1. The maximum Gasteiger partial charge on any atom is 0.338 e. The number of carbonyl (C=O) groups excluding carboxylic acids is 2. The topological polar surface area (TPSA) is 52.6 Å². The lowest BCUT2D eigenvalue weighted by atomic mass is 10.1. The van der Waals surface area contributed by atoms with Gasteiger partial charge in [0.1, 0.15) is 0 Å². The van der Waals surface area contributed by atoms with E-state index in [2.05, 4.69) is 0 Å². The Morgan fingerprint density at radius 2 is 1.41 bits per heavy atom. The molecule has 0 aromatic heterocycles.